The lowest BCUT2D eigenvalue weighted by Gasteiger charge is -2.11. The highest BCUT2D eigenvalue weighted by Crippen LogP contribution is 2.03. The smallest absolute Gasteiger partial charge is 0.305 e. The minimum absolute atomic E-state index is 0.0922. The molecule has 0 aromatic carbocycles. The Morgan fingerprint density at radius 2 is 2.09 bits per heavy atom. The van der Waals surface area contributed by atoms with Crippen LogP contribution < -0.4 is 10.6 Å². The van der Waals surface area contributed by atoms with Crippen molar-refractivity contribution in [3.05, 3.63) is 18.0 Å². The average molecular weight is 323 g/mol. The Morgan fingerprint density at radius 3 is 2.74 bits per heavy atom. The Kier molecular flexibility index (Phi) is 9.51. The van der Waals surface area contributed by atoms with Crippen molar-refractivity contribution in [2.75, 3.05) is 20.2 Å². The van der Waals surface area contributed by atoms with E-state index in [1.165, 1.54) is 0 Å². The molecule has 1 heterocycles. The van der Waals surface area contributed by atoms with E-state index in [1.54, 1.807) is 13.2 Å². The van der Waals surface area contributed by atoms with Gasteiger partial charge < -0.3 is 15.4 Å². The molecule has 0 fully saturated rings. The minimum atomic E-state index is -0.0922. The molecule has 0 radical (unpaired) electrons. The Balaban J connectivity index is 2.05. The number of aromatic nitrogens is 2. The van der Waals surface area contributed by atoms with Gasteiger partial charge in [0.15, 0.2) is 5.96 Å². The van der Waals surface area contributed by atoms with E-state index in [0.717, 1.165) is 43.9 Å². The van der Waals surface area contributed by atoms with Crippen molar-refractivity contribution >= 4 is 11.9 Å². The average Bonchev–Trinajstić information content (AvgIpc) is 2.95. The lowest BCUT2D eigenvalue weighted by atomic mass is 10.1. The van der Waals surface area contributed by atoms with E-state index >= 15 is 0 Å². The molecule has 1 aromatic heterocycles. The van der Waals surface area contributed by atoms with E-state index in [4.69, 9.17) is 4.74 Å². The number of guanidine groups is 1. The third-order valence-electron chi connectivity index (χ3n) is 3.49. The molecule has 0 saturated heterocycles. The predicted octanol–water partition coefficient (Wildman–Crippen LogP) is 1.60. The third-order valence-corrected chi connectivity index (χ3v) is 3.49. The number of aliphatic imine (C=N–C) groups is 1. The summed E-state index contributed by atoms with van der Waals surface area (Å²) in [7, 11) is 3.68. The van der Waals surface area contributed by atoms with Crippen LogP contribution in [0.5, 0.6) is 0 Å². The maximum Gasteiger partial charge on any atom is 0.305 e. The lowest BCUT2D eigenvalue weighted by molar-refractivity contribution is -0.143. The highest BCUT2D eigenvalue weighted by molar-refractivity contribution is 5.79. The molecule has 23 heavy (non-hydrogen) atoms. The first-order valence-electron chi connectivity index (χ1n) is 8.24. The number of carbonyl (C=O) groups excluding carboxylic acids is 1. The molecular weight excluding hydrogens is 294 g/mol. The van der Waals surface area contributed by atoms with E-state index in [1.807, 2.05) is 24.7 Å². The number of rotatable bonds is 10. The Hall–Kier alpha value is -2.05. The number of aryl methyl sites for hydroxylation is 1. The molecule has 0 aliphatic carbocycles. The number of carbonyl (C=O) groups is 1. The summed E-state index contributed by atoms with van der Waals surface area (Å²) in [4.78, 5) is 15.4. The number of hydrogen-bond acceptors (Lipinski definition) is 4. The predicted molar refractivity (Wildman–Crippen MR) is 91.1 cm³/mol. The summed E-state index contributed by atoms with van der Waals surface area (Å²) in [6, 6.07) is 1.98. The van der Waals surface area contributed by atoms with Gasteiger partial charge in [0.2, 0.25) is 0 Å². The van der Waals surface area contributed by atoms with Crippen molar-refractivity contribution in [1.82, 2.24) is 20.4 Å². The normalized spacial score (nSPS) is 11.3. The molecule has 0 bridgehead atoms. The van der Waals surface area contributed by atoms with Crippen LogP contribution in [0.25, 0.3) is 0 Å². The van der Waals surface area contributed by atoms with Gasteiger partial charge in [-0.15, -0.1) is 0 Å². The van der Waals surface area contributed by atoms with Crippen molar-refractivity contribution in [2.45, 2.75) is 45.6 Å². The molecule has 0 spiro atoms. The van der Waals surface area contributed by atoms with Gasteiger partial charge in [0.05, 0.1) is 18.8 Å². The van der Waals surface area contributed by atoms with E-state index < -0.39 is 0 Å². The van der Waals surface area contributed by atoms with Crippen LogP contribution in [-0.2, 0) is 23.1 Å². The fraction of sp³-hybridized carbons (Fsp3) is 0.688. The first kappa shape index (κ1) is 19.0. The van der Waals surface area contributed by atoms with Gasteiger partial charge in [0.25, 0.3) is 0 Å². The summed E-state index contributed by atoms with van der Waals surface area (Å²) in [5.74, 6) is 0.697. The Morgan fingerprint density at radius 1 is 1.30 bits per heavy atom. The number of esters is 1. The molecule has 0 aliphatic heterocycles. The molecule has 7 nitrogen and oxygen atoms in total. The van der Waals surface area contributed by atoms with Crippen LogP contribution in [0.2, 0.25) is 0 Å². The SMILES string of the molecule is CCOC(=O)CCCCCCNC(=NC)NCc1ccnn1C. The second-order valence-corrected chi connectivity index (χ2v) is 5.27. The van der Waals surface area contributed by atoms with Gasteiger partial charge in [0.1, 0.15) is 0 Å². The van der Waals surface area contributed by atoms with Crippen LogP contribution in [0.4, 0.5) is 0 Å². The van der Waals surface area contributed by atoms with Crippen LogP contribution in [-0.4, -0.2) is 41.9 Å². The summed E-state index contributed by atoms with van der Waals surface area (Å²) in [6.45, 7) is 3.85. The number of ether oxygens (including phenoxy) is 1. The van der Waals surface area contributed by atoms with Gasteiger partial charge in [-0.25, -0.2) is 0 Å². The molecule has 2 N–H and O–H groups in total. The molecule has 130 valence electrons. The number of nitrogens with zero attached hydrogens (tertiary/aromatic N) is 3. The summed E-state index contributed by atoms with van der Waals surface area (Å²) >= 11 is 0. The molecule has 0 amide bonds. The zero-order chi connectivity index (χ0) is 16.9. The van der Waals surface area contributed by atoms with Crippen molar-refractivity contribution in [3.8, 4) is 0 Å². The highest BCUT2D eigenvalue weighted by Gasteiger charge is 2.02. The van der Waals surface area contributed by atoms with E-state index in [0.29, 0.717) is 19.6 Å². The summed E-state index contributed by atoms with van der Waals surface area (Å²) in [5, 5.41) is 10.7. The zero-order valence-corrected chi connectivity index (χ0v) is 14.5. The largest absolute Gasteiger partial charge is 0.466 e. The molecule has 0 atom stereocenters. The van der Waals surface area contributed by atoms with Crippen molar-refractivity contribution in [2.24, 2.45) is 12.0 Å². The van der Waals surface area contributed by atoms with Crippen LogP contribution in [0.15, 0.2) is 17.3 Å². The third kappa shape index (κ3) is 8.23. The second kappa shape index (κ2) is 11.5. The van der Waals surface area contributed by atoms with Crippen molar-refractivity contribution < 1.29 is 9.53 Å². The van der Waals surface area contributed by atoms with Gasteiger partial charge in [-0.3, -0.25) is 14.5 Å². The quantitative estimate of drug-likeness (QED) is 0.296. The molecule has 7 heteroatoms. The van der Waals surface area contributed by atoms with Crippen LogP contribution in [0.3, 0.4) is 0 Å². The van der Waals surface area contributed by atoms with E-state index in [2.05, 4.69) is 20.7 Å². The minimum Gasteiger partial charge on any atom is -0.466 e. The summed E-state index contributed by atoms with van der Waals surface area (Å²) < 4.78 is 6.74. The lowest BCUT2D eigenvalue weighted by Crippen LogP contribution is -2.37. The topological polar surface area (TPSA) is 80.5 Å². The maximum atomic E-state index is 11.2. The number of hydrogen-bond donors (Lipinski definition) is 2. The van der Waals surface area contributed by atoms with Crippen LogP contribution >= 0.6 is 0 Å². The zero-order valence-electron chi connectivity index (χ0n) is 14.5. The van der Waals surface area contributed by atoms with Gasteiger partial charge in [-0.05, 0) is 25.8 Å². The Bertz CT molecular complexity index is 485. The molecular formula is C16H29N5O2. The van der Waals surface area contributed by atoms with Gasteiger partial charge >= 0.3 is 5.97 Å². The van der Waals surface area contributed by atoms with E-state index in [9.17, 15) is 4.79 Å². The molecule has 1 aromatic rings. The van der Waals surface area contributed by atoms with Crippen molar-refractivity contribution in [1.29, 1.82) is 0 Å². The first-order chi connectivity index (χ1) is 11.2. The number of nitrogens with one attached hydrogen (secondary N) is 2. The Labute approximate surface area is 138 Å². The van der Waals surface area contributed by atoms with Gasteiger partial charge in [-0.1, -0.05) is 12.8 Å². The fourth-order valence-corrected chi connectivity index (χ4v) is 2.16. The fourth-order valence-electron chi connectivity index (χ4n) is 2.16. The molecule has 0 unspecified atom stereocenters. The first-order valence-corrected chi connectivity index (χ1v) is 8.24. The van der Waals surface area contributed by atoms with Crippen LogP contribution in [0, 0.1) is 0 Å². The highest BCUT2D eigenvalue weighted by atomic mass is 16.5. The standard InChI is InChI=1S/C16H29N5O2/c1-4-23-15(22)9-7-5-6-8-11-18-16(17-2)19-13-14-10-12-20-21(14)3/h10,12H,4-9,11,13H2,1-3H3,(H2,17,18,19). The molecule has 0 saturated carbocycles. The monoisotopic (exact) mass is 323 g/mol. The summed E-state index contributed by atoms with van der Waals surface area (Å²) in [6.07, 6.45) is 6.38. The van der Waals surface area contributed by atoms with E-state index in [-0.39, 0.29) is 5.97 Å². The number of unbranched alkanes of at least 4 members (excludes halogenated alkanes) is 3. The summed E-state index contributed by atoms with van der Waals surface area (Å²) in [5.41, 5.74) is 1.10. The van der Waals surface area contributed by atoms with Gasteiger partial charge in [0, 0.05) is 33.3 Å². The maximum absolute atomic E-state index is 11.2. The molecule has 0 aliphatic rings. The molecule has 1 rings (SSSR count). The van der Waals surface area contributed by atoms with Crippen LogP contribution in [0.1, 0.15) is 44.7 Å². The van der Waals surface area contributed by atoms with Gasteiger partial charge in [-0.2, -0.15) is 5.10 Å². The van der Waals surface area contributed by atoms with Crippen molar-refractivity contribution in [3.63, 3.8) is 0 Å². The second-order valence-electron chi connectivity index (χ2n) is 5.27.